The van der Waals surface area contributed by atoms with Gasteiger partial charge in [0.1, 0.15) is 5.82 Å². The number of hydrogen-bond acceptors (Lipinski definition) is 4. The van der Waals surface area contributed by atoms with Gasteiger partial charge in [-0.05, 0) is 56.7 Å². The van der Waals surface area contributed by atoms with Crippen LogP contribution in [0.4, 0.5) is 5.82 Å². The first-order valence-corrected chi connectivity index (χ1v) is 9.70. The zero-order valence-corrected chi connectivity index (χ0v) is 16.0. The van der Waals surface area contributed by atoms with E-state index in [2.05, 4.69) is 34.1 Å². The van der Waals surface area contributed by atoms with Crippen molar-refractivity contribution in [3.05, 3.63) is 59.3 Å². The lowest BCUT2D eigenvalue weighted by Gasteiger charge is -2.43. The number of aliphatic hydroxyl groups is 1. The Balaban J connectivity index is 1.73. The Morgan fingerprint density at radius 3 is 2.74 bits per heavy atom. The first kappa shape index (κ1) is 19.4. The number of aryl methyl sites for hydroxylation is 2. The van der Waals surface area contributed by atoms with Gasteiger partial charge in [-0.25, -0.2) is 4.98 Å². The number of aromatic nitrogens is 1. The molecule has 1 fully saturated rings. The average Bonchev–Trinajstić information content (AvgIpc) is 2.68. The van der Waals surface area contributed by atoms with Crippen molar-refractivity contribution >= 4 is 11.7 Å². The SMILES string of the molecule is Cc1ccc(C(N)=O)c(N2CCCC(CO)(CCCc3ccccc3)C2)n1. The zero-order valence-electron chi connectivity index (χ0n) is 16.0. The Morgan fingerprint density at radius 1 is 1.26 bits per heavy atom. The largest absolute Gasteiger partial charge is 0.396 e. The van der Waals surface area contributed by atoms with Crippen molar-refractivity contribution in [2.75, 3.05) is 24.6 Å². The van der Waals surface area contributed by atoms with Gasteiger partial charge in [-0.15, -0.1) is 0 Å². The molecule has 1 unspecified atom stereocenters. The summed E-state index contributed by atoms with van der Waals surface area (Å²) in [5, 5.41) is 10.2. The lowest BCUT2D eigenvalue weighted by molar-refractivity contribution is 0.0934. The van der Waals surface area contributed by atoms with E-state index in [1.165, 1.54) is 5.56 Å². The Kier molecular flexibility index (Phi) is 6.11. The van der Waals surface area contributed by atoms with Gasteiger partial charge in [-0.1, -0.05) is 30.3 Å². The maximum absolute atomic E-state index is 11.8. The summed E-state index contributed by atoms with van der Waals surface area (Å²) < 4.78 is 0. The van der Waals surface area contributed by atoms with Crippen LogP contribution in [0.3, 0.4) is 0 Å². The molecule has 1 saturated heterocycles. The molecule has 2 aromatic rings. The normalized spacial score (nSPS) is 19.9. The lowest BCUT2D eigenvalue weighted by atomic mass is 9.76. The molecule has 1 atom stereocenters. The highest BCUT2D eigenvalue weighted by molar-refractivity contribution is 5.97. The summed E-state index contributed by atoms with van der Waals surface area (Å²) in [5.74, 6) is 0.199. The van der Waals surface area contributed by atoms with Gasteiger partial charge in [-0.3, -0.25) is 4.79 Å². The third kappa shape index (κ3) is 4.66. The van der Waals surface area contributed by atoms with Crippen molar-refractivity contribution in [2.24, 2.45) is 11.1 Å². The van der Waals surface area contributed by atoms with Gasteiger partial charge >= 0.3 is 0 Å². The van der Waals surface area contributed by atoms with Crippen LogP contribution in [0.5, 0.6) is 0 Å². The lowest BCUT2D eigenvalue weighted by Crippen LogP contribution is -2.46. The van der Waals surface area contributed by atoms with Crippen LogP contribution in [-0.2, 0) is 6.42 Å². The number of carbonyl (C=O) groups is 1. The van der Waals surface area contributed by atoms with E-state index in [4.69, 9.17) is 5.73 Å². The van der Waals surface area contributed by atoms with Crippen LogP contribution < -0.4 is 10.6 Å². The number of piperidine rings is 1. The third-order valence-electron chi connectivity index (χ3n) is 5.59. The summed E-state index contributed by atoms with van der Waals surface area (Å²) in [4.78, 5) is 18.6. The molecule has 3 N–H and O–H groups in total. The van der Waals surface area contributed by atoms with E-state index in [1.54, 1.807) is 6.07 Å². The highest BCUT2D eigenvalue weighted by Crippen LogP contribution is 2.37. The monoisotopic (exact) mass is 367 g/mol. The number of rotatable bonds is 7. The second kappa shape index (κ2) is 8.53. The number of hydrogen-bond donors (Lipinski definition) is 2. The van der Waals surface area contributed by atoms with Gasteiger partial charge in [0.25, 0.3) is 5.91 Å². The molecular formula is C22H29N3O2. The summed E-state index contributed by atoms with van der Waals surface area (Å²) in [7, 11) is 0. The molecule has 1 amide bonds. The van der Waals surface area contributed by atoms with Crippen LogP contribution in [0.2, 0.25) is 0 Å². The molecule has 2 heterocycles. The molecule has 5 nitrogen and oxygen atoms in total. The third-order valence-corrected chi connectivity index (χ3v) is 5.59. The fraction of sp³-hybridized carbons (Fsp3) is 0.455. The first-order chi connectivity index (χ1) is 13.0. The molecule has 1 aromatic heterocycles. The van der Waals surface area contributed by atoms with Crippen LogP contribution >= 0.6 is 0 Å². The molecule has 27 heavy (non-hydrogen) atoms. The maximum atomic E-state index is 11.8. The minimum Gasteiger partial charge on any atom is -0.396 e. The summed E-state index contributed by atoms with van der Waals surface area (Å²) in [6.45, 7) is 3.60. The highest BCUT2D eigenvalue weighted by Gasteiger charge is 2.36. The molecule has 0 radical (unpaired) electrons. The summed E-state index contributed by atoms with van der Waals surface area (Å²) >= 11 is 0. The smallest absolute Gasteiger partial charge is 0.252 e. The van der Waals surface area contributed by atoms with Crippen LogP contribution in [0.1, 0.15) is 47.3 Å². The molecule has 1 aliphatic heterocycles. The van der Waals surface area contributed by atoms with E-state index in [9.17, 15) is 9.90 Å². The number of aliphatic hydroxyl groups excluding tert-OH is 1. The predicted molar refractivity (Wildman–Crippen MR) is 108 cm³/mol. The molecule has 0 saturated carbocycles. The fourth-order valence-corrected chi connectivity index (χ4v) is 4.09. The predicted octanol–water partition coefficient (Wildman–Crippen LogP) is 3.09. The van der Waals surface area contributed by atoms with Crippen molar-refractivity contribution in [3.63, 3.8) is 0 Å². The number of carbonyl (C=O) groups excluding carboxylic acids is 1. The van der Waals surface area contributed by atoms with Crippen molar-refractivity contribution < 1.29 is 9.90 Å². The minimum absolute atomic E-state index is 0.149. The van der Waals surface area contributed by atoms with E-state index in [0.29, 0.717) is 17.9 Å². The van der Waals surface area contributed by atoms with E-state index in [1.807, 2.05) is 19.1 Å². The quantitative estimate of drug-likeness (QED) is 0.788. The van der Waals surface area contributed by atoms with Gasteiger partial charge < -0.3 is 15.7 Å². The Morgan fingerprint density at radius 2 is 2.04 bits per heavy atom. The van der Waals surface area contributed by atoms with Crippen molar-refractivity contribution in [2.45, 2.75) is 39.0 Å². The Bertz CT molecular complexity index is 778. The van der Waals surface area contributed by atoms with Crippen LogP contribution in [-0.4, -0.2) is 35.7 Å². The summed E-state index contributed by atoms with van der Waals surface area (Å²) in [5.41, 5.74) is 8.05. The molecule has 0 aliphatic carbocycles. The second-order valence-electron chi connectivity index (χ2n) is 7.71. The van der Waals surface area contributed by atoms with Crippen LogP contribution in [0.15, 0.2) is 42.5 Å². The molecule has 144 valence electrons. The molecule has 5 heteroatoms. The molecule has 0 bridgehead atoms. The van der Waals surface area contributed by atoms with E-state index in [-0.39, 0.29) is 12.0 Å². The maximum Gasteiger partial charge on any atom is 0.252 e. The van der Waals surface area contributed by atoms with E-state index < -0.39 is 5.91 Å². The van der Waals surface area contributed by atoms with Gasteiger partial charge in [0.05, 0.1) is 12.2 Å². The minimum atomic E-state index is -0.457. The summed E-state index contributed by atoms with van der Waals surface area (Å²) in [6.07, 6.45) is 4.96. The van der Waals surface area contributed by atoms with Crippen molar-refractivity contribution in [3.8, 4) is 0 Å². The fourth-order valence-electron chi connectivity index (χ4n) is 4.09. The molecule has 1 aromatic carbocycles. The number of pyridine rings is 1. The van der Waals surface area contributed by atoms with Gasteiger partial charge in [-0.2, -0.15) is 0 Å². The van der Waals surface area contributed by atoms with Crippen LogP contribution in [0.25, 0.3) is 0 Å². The number of anilines is 1. The molecule has 0 spiro atoms. The van der Waals surface area contributed by atoms with E-state index >= 15 is 0 Å². The zero-order chi connectivity index (χ0) is 19.3. The average molecular weight is 367 g/mol. The number of benzene rings is 1. The number of nitrogens with zero attached hydrogens (tertiary/aromatic N) is 2. The van der Waals surface area contributed by atoms with Gasteiger partial charge in [0.2, 0.25) is 0 Å². The highest BCUT2D eigenvalue weighted by atomic mass is 16.3. The van der Waals surface area contributed by atoms with Crippen molar-refractivity contribution in [1.82, 2.24) is 4.98 Å². The van der Waals surface area contributed by atoms with Gasteiger partial charge in [0, 0.05) is 24.2 Å². The molecular weight excluding hydrogens is 338 g/mol. The Hall–Kier alpha value is -2.40. The van der Waals surface area contributed by atoms with Crippen molar-refractivity contribution in [1.29, 1.82) is 0 Å². The van der Waals surface area contributed by atoms with Crippen LogP contribution in [0, 0.1) is 12.3 Å². The second-order valence-corrected chi connectivity index (χ2v) is 7.71. The number of primary amides is 1. The first-order valence-electron chi connectivity index (χ1n) is 9.70. The number of amides is 1. The standard InChI is InChI=1S/C22H29N3O2/c1-17-10-11-19(20(23)27)21(24-17)25-14-6-13-22(15-25,16-26)12-5-9-18-7-3-2-4-8-18/h2-4,7-8,10-11,26H,5-6,9,12-16H2,1H3,(H2,23,27). The molecule has 3 rings (SSSR count). The number of nitrogens with two attached hydrogens (primary N) is 1. The topological polar surface area (TPSA) is 79.5 Å². The molecule has 1 aliphatic rings. The van der Waals surface area contributed by atoms with E-state index in [0.717, 1.165) is 44.3 Å². The van der Waals surface area contributed by atoms with Gasteiger partial charge in [0.15, 0.2) is 0 Å². The summed E-state index contributed by atoms with van der Waals surface area (Å²) in [6, 6.07) is 14.0. The Labute approximate surface area is 161 Å².